The second-order valence-corrected chi connectivity index (χ2v) is 12.9. The Bertz CT molecular complexity index is 3070. The van der Waals surface area contributed by atoms with Gasteiger partial charge in [0.2, 0.25) is 0 Å². The summed E-state index contributed by atoms with van der Waals surface area (Å²) in [6.45, 7) is 0. The Morgan fingerprint density at radius 2 is 1.00 bits per heavy atom. The number of nitrogens with zero attached hydrogens (tertiary/aromatic N) is 2. The molecule has 3 aromatic heterocycles. The normalized spacial score (nSPS) is 12.0. The Kier molecular flexibility index (Phi) is 5.63. The van der Waals surface area contributed by atoms with Crippen LogP contribution in [0.3, 0.4) is 0 Å². The molecule has 0 atom stereocenters. The molecule has 8 aromatic carbocycles. The summed E-state index contributed by atoms with van der Waals surface area (Å²) in [5.41, 5.74) is 11.2. The smallest absolute Gasteiger partial charge is 0.180 e. The Morgan fingerprint density at radius 3 is 1.74 bits per heavy atom. The van der Waals surface area contributed by atoms with Gasteiger partial charge in [0.25, 0.3) is 0 Å². The van der Waals surface area contributed by atoms with Crippen molar-refractivity contribution in [1.29, 1.82) is 0 Å². The van der Waals surface area contributed by atoms with Crippen LogP contribution < -0.4 is 0 Å². The standard InChI is InChI=1S/C46H26N2O2/c1-4-11-27(12-5-1)30-19-21-32-33-17-10-18-38-41(33)42-39(49-38)24-22-34(40(42)35(32)25-30)43-45-44(48-46(47-43)29-15-8-3-9-16-29)36-26-31(20-23-37(36)50-45)28-13-6-2-7-14-28/h1-26H. The van der Waals surface area contributed by atoms with Crippen molar-refractivity contribution in [1.82, 2.24) is 9.97 Å². The van der Waals surface area contributed by atoms with Crippen molar-refractivity contribution in [3.63, 3.8) is 0 Å². The van der Waals surface area contributed by atoms with Crippen LogP contribution in [0.15, 0.2) is 167 Å². The number of hydrogen-bond donors (Lipinski definition) is 0. The number of fused-ring (bicyclic) bond motifs is 6. The fourth-order valence-electron chi connectivity index (χ4n) is 7.76. The Morgan fingerprint density at radius 1 is 0.360 bits per heavy atom. The minimum Gasteiger partial charge on any atom is -0.456 e. The van der Waals surface area contributed by atoms with Crippen LogP contribution in [0.2, 0.25) is 0 Å². The van der Waals surface area contributed by atoms with Gasteiger partial charge in [-0.3, -0.25) is 0 Å². The molecule has 0 N–H and O–H groups in total. The zero-order valence-corrected chi connectivity index (χ0v) is 26.7. The molecule has 11 aromatic rings. The maximum Gasteiger partial charge on any atom is 0.180 e. The van der Waals surface area contributed by atoms with Crippen molar-refractivity contribution in [3.8, 4) is 44.9 Å². The Labute approximate surface area is 286 Å². The van der Waals surface area contributed by atoms with E-state index in [1.807, 2.05) is 24.3 Å². The molecule has 0 aliphatic heterocycles. The minimum atomic E-state index is 0.653. The van der Waals surface area contributed by atoms with Gasteiger partial charge in [-0.1, -0.05) is 121 Å². The van der Waals surface area contributed by atoms with E-state index in [1.165, 1.54) is 16.3 Å². The summed E-state index contributed by atoms with van der Waals surface area (Å²) in [6, 6.07) is 54.9. The molecule has 0 aliphatic rings. The molecule has 232 valence electrons. The maximum absolute atomic E-state index is 6.75. The largest absolute Gasteiger partial charge is 0.456 e. The Balaban J connectivity index is 1.29. The van der Waals surface area contributed by atoms with Crippen molar-refractivity contribution >= 4 is 65.6 Å². The molecule has 50 heavy (non-hydrogen) atoms. The molecule has 0 radical (unpaired) electrons. The van der Waals surface area contributed by atoms with E-state index in [1.54, 1.807) is 0 Å². The molecule has 0 amide bonds. The predicted molar refractivity (Wildman–Crippen MR) is 205 cm³/mol. The molecule has 3 heterocycles. The summed E-state index contributed by atoms with van der Waals surface area (Å²) in [5, 5.41) is 7.77. The van der Waals surface area contributed by atoms with Crippen LogP contribution in [-0.4, -0.2) is 9.97 Å². The van der Waals surface area contributed by atoms with Gasteiger partial charge in [-0.2, -0.15) is 0 Å². The lowest BCUT2D eigenvalue weighted by atomic mass is 9.89. The van der Waals surface area contributed by atoms with Crippen LogP contribution >= 0.6 is 0 Å². The van der Waals surface area contributed by atoms with Gasteiger partial charge in [-0.25, -0.2) is 9.97 Å². The van der Waals surface area contributed by atoms with Gasteiger partial charge >= 0.3 is 0 Å². The molecule has 4 heteroatoms. The lowest BCUT2D eigenvalue weighted by molar-refractivity contribution is 0.667. The van der Waals surface area contributed by atoms with Crippen molar-refractivity contribution in [2.75, 3.05) is 0 Å². The fourth-order valence-corrected chi connectivity index (χ4v) is 7.76. The topological polar surface area (TPSA) is 52.1 Å². The van der Waals surface area contributed by atoms with Gasteiger partial charge in [0, 0.05) is 32.7 Å². The average molecular weight is 639 g/mol. The van der Waals surface area contributed by atoms with Crippen molar-refractivity contribution in [2.45, 2.75) is 0 Å². The highest BCUT2D eigenvalue weighted by Gasteiger charge is 2.25. The summed E-state index contributed by atoms with van der Waals surface area (Å²) in [7, 11) is 0. The minimum absolute atomic E-state index is 0.653. The number of benzene rings is 8. The summed E-state index contributed by atoms with van der Waals surface area (Å²) in [6.07, 6.45) is 0. The number of rotatable bonds is 4. The summed E-state index contributed by atoms with van der Waals surface area (Å²) in [5.74, 6) is 0.653. The van der Waals surface area contributed by atoms with E-state index in [0.29, 0.717) is 11.4 Å². The van der Waals surface area contributed by atoms with Crippen LogP contribution in [0.4, 0.5) is 0 Å². The number of aromatic nitrogens is 2. The highest BCUT2D eigenvalue weighted by molar-refractivity contribution is 6.36. The van der Waals surface area contributed by atoms with E-state index in [9.17, 15) is 0 Å². The van der Waals surface area contributed by atoms with Crippen molar-refractivity contribution in [2.24, 2.45) is 0 Å². The molecule has 11 rings (SSSR count). The zero-order valence-electron chi connectivity index (χ0n) is 26.7. The SMILES string of the molecule is c1ccc(-c2ccc3oc4c(-c5ccc6oc7cccc8c9ccc(-c%10ccccc%10)cc9c5c6c78)nc(-c5ccccc5)nc4c3c2)cc1. The van der Waals surface area contributed by atoms with Crippen molar-refractivity contribution < 1.29 is 8.83 Å². The molecule has 0 aliphatic carbocycles. The van der Waals surface area contributed by atoms with Gasteiger partial charge in [-0.05, 0) is 74.8 Å². The van der Waals surface area contributed by atoms with E-state index in [2.05, 4.69) is 133 Å². The third kappa shape index (κ3) is 3.93. The monoisotopic (exact) mass is 638 g/mol. The first kappa shape index (κ1) is 27.2. The molecule has 0 spiro atoms. The second-order valence-electron chi connectivity index (χ2n) is 12.9. The second kappa shape index (κ2) is 10.4. The van der Waals surface area contributed by atoms with Crippen LogP contribution in [0.5, 0.6) is 0 Å². The highest BCUT2D eigenvalue weighted by atomic mass is 16.3. The fraction of sp³-hybridized carbons (Fsp3) is 0. The molecule has 0 saturated heterocycles. The number of hydrogen-bond acceptors (Lipinski definition) is 4. The lowest BCUT2D eigenvalue weighted by Crippen LogP contribution is -1.95. The highest BCUT2D eigenvalue weighted by Crippen LogP contribution is 2.48. The third-order valence-corrected chi connectivity index (χ3v) is 10.1. The average Bonchev–Trinajstić information content (AvgIpc) is 3.76. The van der Waals surface area contributed by atoms with E-state index in [4.69, 9.17) is 18.8 Å². The van der Waals surface area contributed by atoms with Gasteiger partial charge in [-0.15, -0.1) is 0 Å². The molecule has 0 unspecified atom stereocenters. The Hall–Kier alpha value is -6.78. The van der Waals surface area contributed by atoms with E-state index in [-0.39, 0.29) is 0 Å². The van der Waals surface area contributed by atoms with E-state index in [0.717, 1.165) is 82.7 Å². The quantitative estimate of drug-likeness (QED) is 0.180. The number of furan rings is 2. The van der Waals surface area contributed by atoms with Gasteiger partial charge < -0.3 is 8.83 Å². The van der Waals surface area contributed by atoms with Crippen LogP contribution in [-0.2, 0) is 0 Å². The van der Waals surface area contributed by atoms with E-state index >= 15 is 0 Å². The summed E-state index contributed by atoms with van der Waals surface area (Å²) < 4.78 is 13.3. The molecule has 0 fully saturated rings. The zero-order chi connectivity index (χ0) is 32.8. The first-order valence-electron chi connectivity index (χ1n) is 16.8. The summed E-state index contributed by atoms with van der Waals surface area (Å²) >= 11 is 0. The first-order valence-corrected chi connectivity index (χ1v) is 16.8. The van der Waals surface area contributed by atoms with Crippen LogP contribution in [0, 0.1) is 0 Å². The van der Waals surface area contributed by atoms with Gasteiger partial charge in [0.1, 0.15) is 28.0 Å². The molecule has 0 bridgehead atoms. The summed E-state index contributed by atoms with van der Waals surface area (Å²) in [4.78, 5) is 10.5. The van der Waals surface area contributed by atoms with Crippen LogP contribution in [0.1, 0.15) is 0 Å². The van der Waals surface area contributed by atoms with Gasteiger partial charge in [0.05, 0.1) is 0 Å². The van der Waals surface area contributed by atoms with Crippen LogP contribution in [0.25, 0.3) is 110 Å². The van der Waals surface area contributed by atoms with Crippen molar-refractivity contribution in [3.05, 3.63) is 158 Å². The molecular weight excluding hydrogens is 613 g/mol. The lowest BCUT2D eigenvalue weighted by Gasteiger charge is -2.14. The molecule has 0 saturated carbocycles. The maximum atomic E-state index is 6.75. The van der Waals surface area contributed by atoms with Gasteiger partial charge in [0.15, 0.2) is 11.4 Å². The first-order chi connectivity index (χ1) is 24.8. The third-order valence-electron chi connectivity index (χ3n) is 10.1. The molecular formula is C46H26N2O2. The molecule has 4 nitrogen and oxygen atoms in total. The predicted octanol–water partition coefficient (Wildman–Crippen LogP) is 12.7. The van der Waals surface area contributed by atoms with E-state index < -0.39 is 0 Å².